The second kappa shape index (κ2) is 5.06. The first-order valence-electron chi connectivity index (χ1n) is 4.94. The van der Waals surface area contributed by atoms with Gasteiger partial charge in [-0.2, -0.15) is 17.4 Å². The Balaban J connectivity index is 2.48. The first-order chi connectivity index (χ1) is 6.56. The number of hydrogen-bond donors (Lipinski definition) is 2. The van der Waals surface area contributed by atoms with Crippen LogP contribution in [0.25, 0.3) is 0 Å². The highest BCUT2D eigenvalue weighted by Crippen LogP contribution is 2.11. The molecule has 1 aliphatic rings. The Bertz CT molecular complexity index is 260. The summed E-state index contributed by atoms with van der Waals surface area (Å²) in [6, 6.07) is -0.203. The lowest BCUT2D eigenvalue weighted by Crippen LogP contribution is -2.43. The molecule has 1 rings (SSSR count). The van der Waals surface area contributed by atoms with Crippen LogP contribution in [-0.4, -0.2) is 43.6 Å². The summed E-state index contributed by atoms with van der Waals surface area (Å²) >= 11 is 0. The molecule has 0 saturated carbocycles. The van der Waals surface area contributed by atoms with Gasteiger partial charge in [0.15, 0.2) is 0 Å². The van der Waals surface area contributed by atoms with Crippen molar-refractivity contribution >= 4 is 10.2 Å². The second-order valence-electron chi connectivity index (χ2n) is 3.64. The van der Waals surface area contributed by atoms with Crippen LogP contribution >= 0.6 is 0 Å². The van der Waals surface area contributed by atoms with Crippen molar-refractivity contribution in [2.45, 2.75) is 32.2 Å². The van der Waals surface area contributed by atoms with Gasteiger partial charge in [0.25, 0.3) is 10.2 Å². The molecule has 0 aromatic heterocycles. The molecule has 5 nitrogen and oxygen atoms in total. The van der Waals surface area contributed by atoms with Gasteiger partial charge in [-0.05, 0) is 26.2 Å². The number of aliphatic hydroxyl groups excluding tert-OH is 1. The van der Waals surface area contributed by atoms with E-state index in [1.54, 1.807) is 6.92 Å². The van der Waals surface area contributed by atoms with Crippen molar-refractivity contribution in [2.24, 2.45) is 0 Å². The van der Waals surface area contributed by atoms with Gasteiger partial charge in [-0.25, -0.2) is 0 Å². The second-order valence-corrected chi connectivity index (χ2v) is 5.34. The topological polar surface area (TPSA) is 69.6 Å². The molecular weight excluding hydrogens is 204 g/mol. The summed E-state index contributed by atoms with van der Waals surface area (Å²) in [5.74, 6) is 0. The maximum absolute atomic E-state index is 11.7. The van der Waals surface area contributed by atoms with Crippen molar-refractivity contribution in [3.8, 4) is 0 Å². The van der Waals surface area contributed by atoms with Gasteiger partial charge in [-0.1, -0.05) is 0 Å². The minimum atomic E-state index is -3.31. The van der Waals surface area contributed by atoms with Crippen LogP contribution in [0.15, 0.2) is 0 Å². The molecule has 6 heteroatoms. The van der Waals surface area contributed by atoms with Crippen LogP contribution < -0.4 is 4.72 Å². The molecule has 14 heavy (non-hydrogen) atoms. The van der Waals surface area contributed by atoms with Gasteiger partial charge in [0.1, 0.15) is 0 Å². The van der Waals surface area contributed by atoms with E-state index in [2.05, 4.69) is 4.72 Å². The molecule has 84 valence electrons. The van der Waals surface area contributed by atoms with Gasteiger partial charge in [-0.15, -0.1) is 0 Å². The van der Waals surface area contributed by atoms with Crippen molar-refractivity contribution in [3.05, 3.63) is 0 Å². The number of hydrogen-bond acceptors (Lipinski definition) is 3. The lowest BCUT2D eigenvalue weighted by molar-refractivity contribution is 0.274. The van der Waals surface area contributed by atoms with Crippen molar-refractivity contribution in [2.75, 3.05) is 19.7 Å². The van der Waals surface area contributed by atoms with E-state index in [4.69, 9.17) is 5.11 Å². The third-order valence-corrected chi connectivity index (χ3v) is 4.06. The normalized spacial score (nSPS) is 21.3. The van der Waals surface area contributed by atoms with Crippen molar-refractivity contribution in [3.63, 3.8) is 0 Å². The minimum absolute atomic E-state index is 0.00366. The maximum Gasteiger partial charge on any atom is 0.279 e. The molecule has 1 heterocycles. The molecule has 1 saturated heterocycles. The van der Waals surface area contributed by atoms with Crippen molar-refractivity contribution in [1.82, 2.24) is 9.03 Å². The molecule has 0 bridgehead atoms. The first kappa shape index (κ1) is 11.9. The Morgan fingerprint density at radius 2 is 2.00 bits per heavy atom. The van der Waals surface area contributed by atoms with E-state index in [9.17, 15) is 8.42 Å². The lowest BCUT2D eigenvalue weighted by Gasteiger charge is -2.19. The molecule has 1 aliphatic heterocycles. The summed E-state index contributed by atoms with van der Waals surface area (Å²) in [7, 11) is -3.31. The van der Waals surface area contributed by atoms with Gasteiger partial charge >= 0.3 is 0 Å². The van der Waals surface area contributed by atoms with Gasteiger partial charge in [0.2, 0.25) is 0 Å². The predicted octanol–water partition coefficient (Wildman–Crippen LogP) is -0.313. The van der Waals surface area contributed by atoms with Crippen molar-refractivity contribution < 1.29 is 13.5 Å². The zero-order chi connectivity index (χ0) is 10.6. The number of aliphatic hydroxyl groups is 1. The SMILES string of the molecule is CC(CCO)NS(=O)(=O)N1CCCC1. The zero-order valence-electron chi connectivity index (χ0n) is 8.44. The van der Waals surface area contributed by atoms with Crippen LogP contribution in [0.5, 0.6) is 0 Å². The van der Waals surface area contributed by atoms with Crippen LogP contribution in [0.4, 0.5) is 0 Å². The van der Waals surface area contributed by atoms with E-state index in [0.717, 1.165) is 12.8 Å². The van der Waals surface area contributed by atoms with Crippen molar-refractivity contribution in [1.29, 1.82) is 0 Å². The maximum atomic E-state index is 11.7. The first-order valence-corrected chi connectivity index (χ1v) is 6.38. The minimum Gasteiger partial charge on any atom is -0.396 e. The Labute approximate surface area is 85.3 Å². The molecule has 0 spiro atoms. The van der Waals surface area contributed by atoms with Crippen LogP contribution in [0.2, 0.25) is 0 Å². The van der Waals surface area contributed by atoms with Gasteiger partial charge in [0.05, 0.1) is 0 Å². The Morgan fingerprint density at radius 1 is 1.43 bits per heavy atom. The zero-order valence-corrected chi connectivity index (χ0v) is 9.26. The van der Waals surface area contributed by atoms with Gasteiger partial charge in [0, 0.05) is 25.7 Å². The fraction of sp³-hybridized carbons (Fsp3) is 1.00. The quantitative estimate of drug-likeness (QED) is 0.670. The highest BCUT2D eigenvalue weighted by molar-refractivity contribution is 7.87. The molecule has 1 atom stereocenters. The van der Waals surface area contributed by atoms with E-state index < -0.39 is 10.2 Å². The number of nitrogens with zero attached hydrogens (tertiary/aromatic N) is 1. The third kappa shape index (κ3) is 3.20. The summed E-state index contributed by atoms with van der Waals surface area (Å²) in [5.41, 5.74) is 0. The van der Waals surface area contributed by atoms with E-state index in [1.807, 2.05) is 0 Å². The van der Waals surface area contributed by atoms with E-state index in [0.29, 0.717) is 19.5 Å². The van der Waals surface area contributed by atoms with E-state index >= 15 is 0 Å². The summed E-state index contributed by atoms with van der Waals surface area (Å²) in [5, 5.41) is 8.65. The van der Waals surface area contributed by atoms with Crippen LogP contribution in [0.1, 0.15) is 26.2 Å². The van der Waals surface area contributed by atoms with Gasteiger partial charge in [-0.3, -0.25) is 0 Å². The third-order valence-electron chi connectivity index (χ3n) is 2.32. The highest BCUT2D eigenvalue weighted by Gasteiger charge is 2.26. The Kier molecular flexibility index (Phi) is 4.31. The average molecular weight is 222 g/mol. The number of rotatable bonds is 5. The number of nitrogens with one attached hydrogen (secondary N) is 1. The molecule has 2 N–H and O–H groups in total. The smallest absolute Gasteiger partial charge is 0.279 e. The van der Waals surface area contributed by atoms with Gasteiger partial charge < -0.3 is 5.11 Å². The highest BCUT2D eigenvalue weighted by atomic mass is 32.2. The molecule has 0 aromatic carbocycles. The van der Waals surface area contributed by atoms with Crippen LogP contribution in [0.3, 0.4) is 0 Å². The standard InChI is InChI=1S/C8H18N2O3S/c1-8(4-7-11)9-14(12,13)10-5-2-3-6-10/h8-9,11H,2-7H2,1H3. The fourth-order valence-electron chi connectivity index (χ4n) is 1.51. The average Bonchev–Trinajstić information content (AvgIpc) is 2.54. The molecule has 0 aliphatic carbocycles. The lowest BCUT2D eigenvalue weighted by atomic mass is 10.3. The predicted molar refractivity (Wildman–Crippen MR) is 54.0 cm³/mol. The fourth-order valence-corrected chi connectivity index (χ4v) is 3.02. The monoisotopic (exact) mass is 222 g/mol. The summed E-state index contributed by atoms with van der Waals surface area (Å²) in [4.78, 5) is 0. The summed E-state index contributed by atoms with van der Waals surface area (Å²) < 4.78 is 27.3. The molecule has 1 unspecified atom stereocenters. The summed E-state index contributed by atoms with van der Waals surface area (Å²) in [6.07, 6.45) is 2.33. The van der Waals surface area contributed by atoms with E-state index in [1.165, 1.54) is 4.31 Å². The molecule has 1 fully saturated rings. The Hall–Kier alpha value is -0.170. The Morgan fingerprint density at radius 3 is 2.50 bits per heavy atom. The molecule has 0 amide bonds. The van der Waals surface area contributed by atoms with Crippen LogP contribution in [0, 0.1) is 0 Å². The largest absolute Gasteiger partial charge is 0.396 e. The molecular formula is C8H18N2O3S. The van der Waals surface area contributed by atoms with E-state index in [-0.39, 0.29) is 12.6 Å². The van der Waals surface area contributed by atoms with Crippen LogP contribution in [-0.2, 0) is 10.2 Å². The summed E-state index contributed by atoms with van der Waals surface area (Å²) in [6.45, 7) is 2.98. The molecule has 0 aromatic rings. The molecule has 0 radical (unpaired) electrons.